The normalized spacial score (nSPS) is 49.5. The van der Waals surface area contributed by atoms with Gasteiger partial charge < -0.3 is 9.84 Å². The second-order valence-corrected chi connectivity index (χ2v) is 8.50. The fourth-order valence-electron chi connectivity index (χ4n) is 5.94. The zero-order chi connectivity index (χ0) is 14.8. The Morgan fingerprint density at radius 3 is 2.55 bits per heavy atom. The van der Waals surface area contributed by atoms with Gasteiger partial charge in [-0.25, -0.2) is 0 Å². The van der Waals surface area contributed by atoms with Crippen LogP contribution >= 0.6 is 0 Å². The maximum absolute atomic E-state index is 11.3. The summed E-state index contributed by atoms with van der Waals surface area (Å²) in [5, 5.41) is 10.7. The van der Waals surface area contributed by atoms with Gasteiger partial charge in [-0.05, 0) is 49.9 Å². The third-order valence-corrected chi connectivity index (χ3v) is 6.71. The van der Waals surface area contributed by atoms with Crippen LogP contribution in [0.25, 0.3) is 0 Å². The van der Waals surface area contributed by atoms with E-state index in [2.05, 4.69) is 20.8 Å². The Bertz CT molecular complexity index is 430. The predicted molar refractivity (Wildman–Crippen MR) is 77.1 cm³/mol. The monoisotopic (exact) mass is 280 g/mol. The number of carbonyl (C=O) groups is 1. The van der Waals surface area contributed by atoms with E-state index in [1.807, 2.05) is 0 Å². The SMILES string of the molecule is CC(=O)OC1CCC23CC1(C)CCC2C(C)(C)CC3O. The molecule has 1 N–H and O–H groups in total. The number of carbonyl (C=O) groups excluding carboxylic acids is 1. The van der Waals surface area contributed by atoms with E-state index >= 15 is 0 Å². The molecule has 0 aromatic rings. The first-order chi connectivity index (χ1) is 9.20. The Hall–Kier alpha value is -0.570. The zero-order valence-corrected chi connectivity index (χ0v) is 13.2. The van der Waals surface area contributed by atoms with Crippen molar-refractivity contribution in [2.45, 2.75) is 78.4 Å². The molecule has 3 nitrogen and oxygen atoms in total. The summed E-state index contributed by atoms with van der Waals surface area (Å²) in [6, 6.07) is 0. The first-order valence-corrected chi connectivity index (χ1v) is 8.05. The number of hydrogen-bond donors (Lipinski definition) is 1. The minimum absolute atomic E-state index is 0.0440. The fraction of sp³-hybridized carbons (Fsp3) is 0.941. The van der Waals surface area contributed by atoms with Crippen molar-refractivity contribution in [3.63, 3.8) is 0 Å². The lowest BCUT2D eigenvalue weighted by molar-refractivity contribution is -0.179. The lowest BCUT2D eigenvalue weighted by Gasteiger charge is -2.58. The molecule has 3 rings (SSSR count). The van der Waals surface area contributed by atoms with Crippen molar-refractivity contribution in [2.75, 3.05) is 0 Å². The van der Waals surface area contributed by atoms with Crippen LogP contribution in [-0.4, -0.2) is 23.3 Å². The minimum Gasteiger partial charge on any atom is -0.462 e. The standard InChI is InChI=1S/C17H28O3/c1-11(18)20-14-6-8-17-10-16(14,4)7-5-12(17)15(2,3)9-13(17)19/h12-14,19H,5-10H2,1-4H3. The molecule has 2 bridgehead atoms. The summed E-state index contributed by atoms with van der Waals surface area (Å²) in [6.45, 7) is 8.40. The summed E-state index contributed by atoms with van der Waals surface area (Å²) in [4.78, 5) is 11.3. The highest BCUT2D eigenvalue weighted by Gasteiger charge is 2.65. The van der Waals surface area contributed by atoms with Gasteiger partial charge >= 0.3 is 5.97 Å². The molecule has 0 radical (unpaired) electrons. The molecule has 0 aliphatic heterocycles. The number of aliphatic hydroxyl groups excluding tert-OH is 1. The van der Waals surface area contributed by atoms with Crippen LogP contribution in [0, 0.1) is 22.2 Å². The van der Waals surface area contributed by atoms with E-state index in [4.69, 9.17) is 4.74 Å². The Morgan fingerprint density at radius 2 is 1.90 bits per heavy atom. The Labute approximate surface area is 122 Å². The average molecular weight is 280 g/mol. The van der Waals surface area contributed by atoms with E-state index in [0.717, 1.165) is 32.1 Å². The number of aliphatic hydroxyl groups is 1. The van der Waals surface area contributed by atoms with Gasteiger partial charge in [-0.15, -0.1) is 0 Å². The van der Waals surface area contributed by atoms with Crippen LogP contribution in [0.3, 0.4) is 0 Å². The average Bonchev–Trinajstić information content (AvgIpc) is 2.49. The molecular weight excluding hydrogens is 252 g/mol. The zero-order valence-electron chi connectivity index (χ0n) is 13.2. The molecule has 0 amide bonds. The smallest absolute Gasteiger partial charge is 0.302 e. The topological polar surface area (TPSA) is 46.5 Å². The maximum Gasteiger partial charge on any atom is 0.302 e. The van der Waals surface area contributed by atoms with Crippen molar-refractivity contribution >= 4 is 5.97 Å². The summed E-state index contributed by atoms with van der Waals surface area (Å²) in [5.41, 5.74) is 0.379. The predicted octanol–water partition coefficient (Wildman–Crippen LogP) is 3.30. The van der Waals surface area contributed by atoms with Crippen LogP contribution in [0.15, 0.2) is 0 Å². The van der Waals surface area contributed by atoms with Crippen molar-refractivity contribution < 1.29 is 14.6 Å². The summed E-state index contributed by atoms with van der Waals surface area (Å²) < 4.78 is 5.59. The van der Waals surface area contributed by atoms with Crippen molar-refractivity contribution in [3.8, 4) is 0 Å². The Morgan fingerprint density at radius 1 is 1.20 bits per heavy atom. The summed E-state index contributed by atoms with van der Waals surface area (Å²) >= 11 is 0. The van der Waals surface area contributed by atoms with Crippen LogP contribution in [0.5, 0.6) is 0 Å². The number of hydrogen-bond acceptors (Lipinski definition) is 3. The molecule has 3 fully saturated rings. The van der Waals surface area contributed by atoms with Crippen LogP contribution in [-0.2, 0) is 9.53 Å². The second-order valence-electron chi connectivity index (χ2n) is 8.50. The van der Waals surface area contributed by atoms with E-state index < -0.39 is 0 Å². The molecule has 3 heteroatoms. The van der Waals surface area contributed by atoms with Gasteiger partial charge in [-0.1, -0.05) is 20.8 Å². The number of esters is 1. The van der Waals surface area contributed by atoms with Gasteiger partial charge in [0.15, 0.2) is 0 Å². The second kappa shape index (κ2) is 4.22. The van der Waals surface area contributed by atoms with Crippen molar-refractivity contribution in [2.24, 2.45) is 22.2 Å². The quantitative estimate of drug-likeness (QED) is 0.750. The van der Waals surface area contributed by atoms with E-state index in [1.165, 1.54) is 13.3 Å². The molecule has 0 heterocycles. The van der Waals surface area contributed by atoms with Crippen LogP contribution in [0.4, 0.5) is 0 Å². The Balaban J connectivity index is 1.90. The highest BCUT2D eigenvalue weighted by atomic mass is 16.5. The van der Waals surface area contributed by atoms with E-state index in [-0.39, 0.29) is 34.4 Å². The highest BCUT2D eigenvalue weighted by molar-refractivity contribution is 5.66. The third-order valence-electron chi connectivity index (χ3n) is 6.71. The molecule has 1 spiro atoms. The Kier molecular flexibility index (Phi) is 3.03. The number of ether oxygens (including phenoxy) is 1. The summed E-state index contributed by atoms with van der Waals surface area (Å²) in [7, 11) is 0. The molecule has 0 aromatic heterocycles. The van der Waals surface area contributed by atoms with Crippen LogP contribution in [0.1, 0.15) is 66.2 Å². The molecule has 0 saturated heterocycles. The molecule has 3 aliphatic rings. The summed E-state index contributed by atoms with van der Waals surface area (Å²) in [5.74, 6) is 0.456. The molecule has 3 saturated carbocycles. The maximum atomic E-state index is 11.3. The number of fused-ring (bicyclic) bond motifs is 1. The van der Waals surface area contributed by atoms with Gasteiger partial charge in [0.25, 0.3) is 0 Å². The van der Waals surface area contributed by atoms with Crippen molar-refractivity contribution in [3.05, 3.63) is 0 Å². The van der Waals surface area contributed by atoms with E-state index in [0.29, 0.717) is 5.92 Å². The van der Waals surface area contributed by atoms with Gasteiger partial charge in [0.05, 0.1) is 6.10 Å². The van der Waals surface area contributed by atoms with Gasteiger partial charge in [0, 0.05) is 17.8 Å². The first kappa shape index (κ1) is 14.4. The van der Waals surface area contributed by atoms with Crippen LogP contribution in [0.2, 0.25) is 0 Å². The molecular formula is C17H28O3. The van der Waals surface area contributed by atoms with Gasteiger partial charge in [-0.3, -0.25) is 4.79 Å². The largest absolute Gasteiger partial charge is 0.462 e. The minimum atomic E-state index is -0.180. The molecule has 114 valence electrons. The van der Waals surface area contributed by atoms with Crippen molar-refractivity contribution in [1.82, 2.24) is 0 Å². The molecule has 20 heavy (non-hydrogen) atoms. The van der Waals surface area contributed by atoms with Crippen molar-refractivity contribution in [1.29, 1.82) is 0 Å². The summed E-state index contributed by atoms with van der Waals surface area (Å²) in [6.07, 6.45) is 6.02. The van der Waals surface area contributed by atoms with Gasteiger partial charge in [0.2, 0.25) is 0 Å². The van der Waals surface area contributed by atoms with E-state index in [1.54, 1.807) is 0 Å². The lowest BCUT2D eigenvalue weighted by Crippen LogP contribution is -2.55. The molecule has 5 unspecified atom stereocenters. The van der Waals surface area contributed by atoms with Crippen LogP contribution < -0.4 is 0 Å². The third kappa shape index (κ3) is 1.85. The highest BCUT2D eigenvalue weighted by Crippen LogP contribution is 2.68. The molecule has 5 atom stereocenters. The van der Waals surface area contributed by atoms with Gasteiger partial charge in [-0.2, -0.15) is 0 Å². The van der Waals surface area contributed by atoms with E-state index in [9.17, 15) is 9.90 Å². The van der Waals surface area contributed by atoms with Gasteiger partial charge in [0.1, 0.15) is 6.10 Å². The lowest BCUT2D eigenvalue weighted by atomic mass is 9.49. The first-order valence-electron chi connectivity index (χ1n) is 8.05. The molecule has 0 aromatic carbocycles. The molecule has 3 aliphatic carbocycles. The fourth-order valence-corrected chi connectivity index (χ4v) is 5.94. The number of rotatable bonds is 1.